The second-order valence-electron chi connectivity index (χ2n) is 13.4. The standard InChI is InChI=1S/C34H28N3O.C12H9FN.Ir/c1-20(2)22-13-9-14-23(21(3)4)31(22)37-32-26-12-5-7-17-28(26)35-19-29(32)36-34(37)27-16-10-15-25-24-11-6-8-18-30(24)38-33(25)27;1-9-2-7-12(14-8-9)10-3-5-11(13)6-4-10;/h5-15,17-21H,1-4H3;2-3,5-8H,1H3;/q2*-1;/i;1D3;. The normalized spacial score (nSPS) is 12.5. The van der Waals surface area contributed by atoms with Gasteiger partial charge in [-0.05, 0) is 53.2 Å². The Hall–Kier alpha value is -5.49. The van der Waals surface area contributed by atoms with Crippen molar-refractivity contribution in [1.29, 1.82) is 0 Å². The van der Waals surface area contributed by atoms with Crippen LogP contribution in [0.15, 0.2) is 126 Å². The maximum Gasteiger partial charge on any atom is 0.120 e. The number of pyridine rings is 2. The van der Waals surface area contributed by atoms with Gasteiger partial charge in [-0.2, -0.15) is 0 Å². The largest absolute Gasteiger partial charge is 0.501 e. The Balaban J connectivity index is 0.000000225. The number of benzene rings is 5. The van der Waals surface area contributed by atoms with E-state index in [9.17, 15) is 4.39 Å². The first-order chi connectivity index (χ1) is 26.5. The Morgan fingerprint density at radius 2 is 1.49 bits per heavy atom. The summed E-state index contributed by atoms with van der Waals surface area (Å²) in [7, 11) is 0. The van der Waals surface area contributed by atoms with E-state index in [-0.39, 0.29) is 31.5 Å². The van der Waals surface area contributed by atoms with Gasteiger partial charge < -0.3 is 14.0 Å². The van der Waals surface area contributed by atoms with Crippen molar-refractivity contribution in [2.75, 3.05) is 0 Å². The van der Waals surface area contributed by atoms with Crippen LogP contribution in [-0.4, -0.2) is 19.5 Å². The van der Waals surface area contributed by atoms with Gasteiger partial charge in [0.2, 0.25) is 0 Å². The van der Waals surface area contributed by atoms with E-state index >= 15 is 0 Å². The molecule has 0 N–H and O–H groups in total. The second-order valence-corrected chi connectivity index (χ2v) is 13.4. The van der Waals surface area contributed by atoms with Crippen molar-refractivity contribution in [3.05, 3.63) is 156 Å². The van der Waals surface area contributed by atoms with E-state index in [0.29, 0.717) is 23.1 Å². The van der Waals surface area contributed by atoms with Crippen molar-refractivity contribution in [3.8, 4) is 28.3 Å². The summed E-state index contributed by atoms with van der Waals surface area (Å²) in [5.41, 5.74) is 10.5. The summed E-state index contributed by atoms with van der Waals surface area (Å²) in [4.78, 5) is 14.0. The molecule has 0 spiro atoms. The third-order valence-corrected chi connectivity index (χ3v) is 9.33. The molecule has 5 nitrogen and oxygen atoms in total. The maximum absolute atomic E-state index is 12.7. The quantitative estimate of drug-likeness (QED) is 0.162. The van der Waals surface area contributed by atoms with Crippen LogP contribution in [0.25, 0.3) is 72.2 Å². The van der Waals surface area contributed by atoms with Crippen molar-refractivity contribution < 1.29 is 33.0 Å². The van der Waals surface area contributed by atoms with Crippen molar-refractivity contribution in [1.82, 2.24) is 19.5 Å². The molecular formula is C46H37FIrN4O-2. The number of nitrogens with zero attached hydrogens (tertiary/aromatic N) is 4. The number of halogens is 1. The molecule has 0 amide bonds. The van der Waals surface area contributed by atoms with E-state index in [1.165, 1.54) is 41.2 Å². The number of hydrogen-bond acceptors (Lipinski definition) is 4. The van der Waals surface area contributed by atoms with Gasteiger partial charge in [-0.1, -0.05) is 105 Å². The Morgan fingerprint density at radius 1 is 0.736 bits per heavy atom. The molecule has 0 unspecified atom stereocenters. The number of fused-ring (bicyclic) bond motifs is 6. The number of imidazole rings is 1. The monoisotopic (exact) mass is 876 g/mol. The zero-order valence-corrected chi connectivity index (χ0v) is 32.0. The van der Waals surface area contributed by atoms with E-state index in [1.54, 1.807) is 12.1 Å². The van der Waals surface area contributed by atoms with E-state index in [4.69, 9.17) is 18.5 Å². The van der Waals surface area contributed by atoms with Gasteiger partial charge in [0.05, 0.1) is 34.2 Å². The summed E-state index contributed by atoms with van der Waals surface area (Å²) < 4.78 is 43.2. The Bertz CT molecular complexity index is 2800. The predicted octanol–water partition coefficient (Wildman–Crippen LogP) is 12.2. The molecule has 0 aliphatic rings. The average Bonchev–Trinajstić information content (AvgIpc) is 3.77. The third-order valence-electron chi connectivity index (χ3n) is 9.33. The molecule has 0 aliphatic heterocycles. The van der Waals surface area contributed by atoms with E-state index in [1.807, 2.05) is 30.5 Å². The molecule has 9 aromatic rings. The first-order valence-corrected chi connectivity index (χ1v) is 17.4. The van der Waals surface area contributed by atoms with Crippen molar-refractivity contribution >= 4 is 43.9 Å². The molecule has 0 aliphatic carbocycles. The predicted molar refractivity (Wildman–Crippen MR) is 209 cm³/mol. The zero-order valence-electron chi connectivity index (χ0n) is 32.6. The number of furan rings is 1. The summed E-state index contributed by atoms with van der Waals surface area (Å²) in [6.07, 6.45) is 3.20. The Morgan fingerprint density at radius 3 is 2.19 bits per heavy atom. The minimum Gasteiger partial charge on any atom is -0.501 e. The summed E-state index contributed by atoms with van der Waals surface area (Å²) in [6, 6.07) is 40.6. The summed E-state index contributed by atoms with van der Waals surface area (Å²) in [5, 5.41) is 3.24. The van der Waals surface area contributed by atoms with Crippen LogP contribution < -0.4 is 0 Å². The fraction of sp³-hybridized carbons (Fsp3) is 0.152. The van der Waals surface area contributed by atoms with Gasteiger partial charge in [0.1, 0.15) is 5.58 Å². The smallest absolute Gasteiger partial charge is 0.120 e. The van der Waals surface area contributed by atoms with Crippen LogP contribution in [0, 0.1) is 24.8 Å². The molecule has 53 heavy (non-hydrogen) atoms. The second kappa shape index (κ2) is 14.9. The molecule has 0 saturated heterocycles. The van der Waals surface area contributed by atoms with Crippen LogP contribution in [0.1, 0.15) is 60.3 Å². The SMILES string of the molecule is CC(C)c1cccc(C(C)C)c1-n1c(-c2[c-]ccc3c2oc2ccccc23)nc2cnc3ccccc3c21.[2H]C([2H])([2H])c1ccc(-c2[c-]cc(F)cc2)nc1.[Ir]. The van der Waals surface area contributed by atoms with Crippen molar-refractivity contribution in [2.24, 2.45) is 0 Å². The minimum absolute atomic E-state index is 0. The molecule has 0 saturated carbocycles. The molecule has 265 valence electrons. The first kappa shape index (κ1) is 32.2. The molecule has 0 fully saturated rings. The molecule has 1 radical (unpaired) electrons. The van der Waals surface area contributed by atoms with Crippen LogP contribution in [0.3, 0.4) is 0 Å². The van der Waals surface area contributed by atoms with Crippen molar-refractivity contribution in [3.63, 3.8) is 0 Å². The molecule has 0 bridgehead atoms. The topological polar surface area (TPSA) is 56.7 Å². The van der Waals surface area contributed by atoms with Gasteiger partial charge in [-0.15, -0.1) is 48.0 Å². The van der Waals surface area contributed by atoms with Gasteiger partial charge in [-0.3, -0.25) is 14.4 Å². The van der Waals surface area contributed by atoms with Crippen LogP contribution in [0.5, 0.6) is 0 Å². The van der Waals surface area contributed by atoms with E-state index in [0.717, 1.165) is 55.3 Å². The molecule has 4 heterocycles. The fourth-order valence-electron chi connectivity index (χ4n) is 6.83. The average molecular weight is 876 g/mol. The molecule has 9 rings (SSSR count). The molecule has 7 heteroatoms. The Kier molecular flexibility index (Phi) is 9.02. The number of aromatic nitrogens is 4. The number of aryl methyl sites for hydroxylation is 1. The van der Waals surface area contributed by atoms with Gasteiger partial charge in [0.15, 0.2) is 0 Å². The minimum atomic E-state index is -2.15. The molecular weight excluding hydrogens is 836 g/mol. The Labute approximate surface area is 326 Å². The number of para-hydroxylation sites is 3. The van der Waals surface area contributed by atoms with Gasteiger partial charge in [-0.25, -0.2) is 0 Å². The van der Waals surface area contributed by atoms with Crippen LogP contribution in [-0.2, 0) is 20.1 Å². The third kappa shape index (κ3) is 6.67. The first-order valence-electron chi connectivity index (χ1n) is 18.9. The zero-order chi connectivity index (χ0) is 38.4. The number of rotatable bonds is 5. The van der Waals surface area contributed by atoms with Crippen LogP contribution in [0.2, 0.25) is 0 Å². The number of hydrogen-bond donors (Lipinski definition) is 0. The molecule has 4 aromatic heterocycles. The maximum atomic E-state index is 12.7. The van der Waals surface area contributed by atoms with Gasteiger partial charge >= 0.3 is 0 Å². The summed E-state index contributed by atoms with van der Waals surface area (Å²) in [5.74, 6) is 1.10. The molecule has 0 atom stereocenters. The molecule has 5 aromatic carbocycles. The van der Waals surface area contributed by atoms with E-state index in [2.05, 4.69) is 104 Å². The van der Waals surface area contributed by atoms with Crippen LogP contribution in [0.4, 0.5) is 4.39 Å². The van der Waals surface area contributed by atoms with Gasteiger partial charge in [0.25, 0.3) is 0 Å². The van der Waals surface area contributed by atoms with E-state index < -0.39 is 6.85 Å². The fourth-order valence-corrected chi connectivity index (χ4v) is 6.83. The van der Waals surface area contributed by atoms with Crippen LogP contribution >= 0.6 is 0 Å². The van der Waals surface area contributed by atoms with Crippen molar-refractivity contribution in [2.45, 2.75) is 46.4 Å². The summed E-state index contributed by atoms with van der Waals surface area (Å²) >= 11 is 0. The summed E-state index contributed by atoms with van der Waals surface area (Å²) in [6.45, 7) is 6.87. The van der Waals surface area contributed by atoms with Gasteiger partial charge in [0, 0.05) is 52.7 Å².